The molecule has 3 rings (SSSR count). The number of carbonyl (C=O) groups is 2. The van der Waals surface area contributed by atoms with Gasteiger partial charge in [-0.25, -0.2) is 14.2 Å². The summed E-state index contributed by atoms with van der Waals surface area (Å²) < 4.78 is 37.7. The molecule has 0 saturated carbocycles. The van der Waals surface area contributed by atoms with E-state index in [4.69, 9.17) is 4.74 Å². The average molecular weight is 419 g/mol. The van der Waals surface area contributed by atoms with Crippen LogP contribution in [0.3, 0.4) is 0 Å². The fourth-order valence-electron chi connectivity index (χ4n) is 3.65. The Bertz CT molecular complexity index is 981. The molecule has 160 valence electrons. The number of anilines is 2. The van der Waals surface area contributed by atoms with Crippen LogP contribution in [0.15, 0.2) is 30.5 Å². The minimum absolute atomic E-state index is 0.0567. The van der Waals surface area contributed by atoms with Gasteiger partial charge in [-0.15, -0.1) is 0 Å². The predicted octanol–water partition coefficient (Wildman–Crippen LogP) is 3.40. The van der Waals surface area contributed by atoms with E-state index < -0.39 is 23.6 Å². The molecule has 1 atom stereocenters. The molecule has 9 heteroatoms. The number of hydrogen-bond donors (Lipinski definition) is 1. The number of benzene rings is 1. The Kier molecular flexibility index (Phi) is 5.91. The van der Waals surface area contributed by atoms with Crippen LogP contribution in [0.1, 0.15) is 30.8 Å². The highest BCUT2D eigenvalue weighted by molar-refractivity contribution is 5.98. The average Bonchev–Trinajstić information content (AvgIpc) is 3.05. The molecular weight excluding hydrogens is 396 g/mol. The van der Waals surface area contributed by atoms with E-state index in [0.29, 0.717) is 24.3 Å². The van der Waals surface area contributed by atoms with Gasteiger partial charge >= 0.3 is 5.97 Å². The number of rotatable bonds is 5. The number of ether oxygens (including phenoxy) is 2. The van der Waals surface area contributed by atoms with Gasteiger partial charge in [0.2, 0.25) is 11.7 Å². The van der Waals surface area contributed by atoms with E-state index in [1.54, 1.807) is 11.0 Å². The summed E-state index contributed by atoms with van der Waals surface area (Å²) in [6.07, 6.45) is 1.87. The van der Waals surface area contributed by atoms with Crippen molar-refractivity contribution in [2.24, 2.45) is 5.41 Å². The van der Waals surface area contributed by atoms with E-state index in [9.17, 15) is 18.4 Å². The van der Waals surface area contributed by atoms with Crippen molar-refractivity contribution in [1.82, 2.24) is 4.98 Å². The Morgan fingerprint density at radius 3 is 2.63 bits per heavy atom. The van der Waals surface area contributed by atoms with Crippen LogP contribution in [0, 0.1) is 17.0 Å². The number of methoxy groups -OCH3 is 2. The largest absolute Gasteiger partial charge is 0.491 e. The van der Waals surface area contributed by atoms with Crippen LogP contribution >= 0.6 is 0 Å². The van der Waals surface area contributed by atoms with Gasteiger partial charge in [-0.1, -0.05) is 13.8 Å². The summed E-state index contributed by atoms with van der Waals surface area (Å²) in [6, 6.07) is 4.72. The molecule has 0 aliphatic carbocycles. The van der Waals surface area contributed by atoms with Gasteiger partial charge in [-0.3, -0.25) is 4.79 Å². The Balaban J connectivity index is 1.91. The van der Waals surface area contributed by atoms with Crippen LogP contribution in [0.4, 0.5) is 20.2 Å². The molecule has 1 aromatic heterocycles. The highest BCUT2D eigenvalue weighted by atomic mass is 19.2. The molecule has 2 heterocycles. The fraction of sp³-hybridized carbons (Fsp3) is 0.381. The van der Waals surface area contributed by atoms with Gasteiger partial charge in [0.15, 0.2) is 11.6 Å². The van der Waals surface area contributed by atoms with E-state index in [-0.39, 0.29) is 22.8 Å². The van der Waals surface area contributed by atoms with E-state index >= 15 is 0 Å². The first-order chi connectivity index (χ1) is 14.2. The summed E-state index contributed by atoms with van der Waals surface area (Å²) in [4.78, 5) is 30.4. The molecule has 1 fully saturated rings. The second-order valence-corrected chi connectivity index (χ2v) is 7.84. The molecule has 1 unspecified atom stereocenters. The van der Waals surface area contributed by atoms with E-state index in [1.165, 1.54) is 32.5 Å². The van der Waals surface area contributed by atoms with Gasteiger partial charge in [0.1, 0.15) is 11.7 Å². The number of nitrogens with one attached hydrogen (secondary N) is 1. The van der Waals surface area contributed by atoms with Crippen molar-refractivity contribution in [2.45, 2.75) is 26.3 Å². The standard InChI is InChI=1S/C21H23F2N3O4/c1-21(2)10-16(19(27)25-12-7-8-24-14(9-12)20(28)30-4)26(11-21)15-6-5-13(22)17(23)18(15)29-3/h5-9,16H,10-11H2,1-4H3,(H,24,25,27). The van der Waals surface area contributed by atoms with Crippen molar-refractivity contribution in [3.05, 3.63) is 47.8 Å². The number of halogens is 2. The van der Waals surface area contributed by atoms with Gasteiger partial charge in [0, 0.05) is 18.4 Å². The molecule has 1 N–H and O–H groups in total. The zero-order chi connectivity index (χ0) is 22.1. The first kappa shape index (κ1) is 21.5. The lowest BCUT2D eigenvalue weighted by Crippen LogP contribution is -2.40. The maximum atomic E-state index is 14.3. The summed E-state index contributed by atoms with van der Waals surface area (Å²) >= 11 is 0. The molecule has 1 aromatic carbocycles. The van der Waals surface area contributed by atoms with Crippen LogP contribution in [-0.4, -0.2) is 43.7 Å². The smallest absolute Gasteiger partial charge is 0.356 e. The maximum absolute atomic E-state index is 14.3. The summed E-state index contributed by atoms with van der Waals surface area (Å²) in [6.45, 7) is 4.42. The van der Waals surface area contributed by atoms with E-state index in [1.807, 2.05) is 13.8 Å². The minimum atomic E-state index is -1.10. The third kappa shape index (κ3) is 4.19. The van der Waals surface area contributed by atoms with Crippen LogP contribution < -0.4 is 15.0 Å². The van der Waals surface area contributed by atoms with Crippen molar-refractivity contribution in [2.75, 3.05) is 31.0 Å². The zero-order valence-electron chi connectivity index (χ0n) is 17.2. The second kappa shape index (κ2) is 8.25. The molecule has 1 aliphatic rings. The van der Waals surface area contributed by atoms with Gasteiger partial charge in [-0.05, 0) is 36.1 Å². The van der Waals surface area contributed by atoms with Crippen molar-refractivity contribution < 1.29 is 27.8 Å². The van der Waals surface area contributed by atoms with Crippen LogP contribution in [0.5, 0.6) is 5.75 Å². The second-order valence-electron chi connectivity index (χ2n) is 7.84. The number of aromatic nitrogens is 1. The van der Waals surface area contributed by atoms with E-state index in [0.717, 1.165) is 6.07 Å². The molecular formula is C21H23F2N3O4. The van der Waals surface area contributed by atoms with Gasteiger partial charge in [0.25, 0.3) is 0 Å². The fourth-order valence-corrected chi connectivity index (χ4v) is 3.65. The van der Waals surface area contributed by atoms with Crippen molar-refractivity contribution >= 4 is 23.3 Å². The van der Waals surface area contributed by atoms with Crippen molar-refractivity contribution in [1.29, 1.82) is 0 Å². The maximum Gasteiger partial charge on any atom is 0.356 e. The lowest BCUT2D eigenvalue weighted by molar-refractivity contribution is -0.117. The third-order valence-corrected chi connectivity index (χ3v) is 4.99. The monoisotopic (exact) mass is 419 g/mol. The molecule has 30 heavy (non-hydrogen) atoms. The first-order valence-corrected chi connectivity index (χ1v) is 9.30. The number of amides is 1. The topological polar surface area (TPSA) is 80.8 Å². The Hall–Kier alpha value is -3.23. The van der Waals surface area contributed by atoms with Crippen LogP contribution in [0.25, 0.3) is 0 Å². The Morgan fingerprint density at radius 2 is 1.97 bits per heavy atom. The highest BCUT2D eigenvalue weighted by Gasteiger charge is 2.43. The third-order valence-electron chi connectivity index (χ3n) is 4.99. The van der Waals surface area contributed by atoms with Crippen LogP contribution in [-0.2, 0) is 9.53 Å². The molecule has 0 radical (unpaired) electrons. The lowest BCUT2D eigenvalue weighted by atomic mass is 9.90. The van der Waals surface area contributed by atoms with Crippen molar-refractivity contribution in [3.8, 4) is 5.75 Å². The molecule has 1 amide bonds. The Morgan fingerprint density at radius 1 is 1.23 bits per heavy atom. The number of hydrogen-bond acceptors (Lipinski definition) is 6. The highest BCUT2D eigenvalue weighted by Crippen LogP contribution is 2.42. The molecule has 7 nitrogen and oxygen atoms in total. The molecule has 2 aromatic rings. The number of carbonyl (C=O) groups excluding carboxylic acids is 2. The molecule has 1 saturated heterocycles. The zero-order valence-corrected chi connectivity index (χ0v) is 17.2. The SMILES string of the molecule is COC(=O)c1cc(NC(=O)C2CC(C)(C)CN2c2ccc(F)c(F)c2OC)ccn1. The summed E-state index contributed by atoms with van der Waals surface area (Å²) in [7, 11) is 2.49. The summed E-state index contributed by atoms with van der Waals surface area (Å²) in [5.74, 6) is -3.35. The minimum Gasteiger partial charge on any atom is -0.491 e. The normalized spacial score (nSPS) is 17.5. The Labute approximate surface area is 173 Å². The van der Waals surface area contributed by atoms with Gasteiger partial charge < -0.3 is 19.7 Å². The van der Waals surface area contributed by atoms with Crippen molar-refractivity contribution in [3.63, 3.8) is 0 Å². The van der Waals surface area contributed by atoms with Crippen LogP contribution in [0.2, 0.25) is 0 Å². The van der Waals surface area contributed by atoms with Gasteiger partial charge in [-0.2, -0.15) is 4.39 Å². The molecule has 0 spiro atoms. The number of nitrogens with zero attached hydrogens (tertiary/aromatic N) is 2. The predicted molar refractivity (Wildman–Crippen MR) is 107 cm³/mol. The summed E-state index contributed by atoms with van der Waals surface area (Å²) in [5.41, 5.74) is 0.471. The molecule has 0 bridgehead atoms. The first-order valence-electron chi connectivity index (χ1n) is 9.30. The lowest BCUT2D eigenvalue weighted by Gasteiger charge is -2.28. The summed E-state index contributed by atoms with van der Waals surface area (Å²) in [5, 5.41) is 2.77. The van der Waals surface area contributed by atoms with E-state index in [2.05, 4.69) is 15.0 Å². The number of esters is 1. The number of pyridine rings is 1. The quantitative estimate of drug-likeness (QED) is 0.749. The molecule has 1 aliphatic heterocycles. The van der Waals surface area contributed by atoms with Gasteiger partial charge in [0.05, 0.1) is 19.9 Å².